The fourth-order valence-electron chi connectivity index (χ4n) is 1.64. The fourth-order valence-corrected chi connectivity index (χ4v) is 1.64. The summed E-state index contributed by atoms with van der Waals surface area (Å²) in [5.41, 5.74) is 0. The van der Waals surface area contributed by atoms with E-state index in [4.69, 9.17) is 9.47 Å². The average molecular weight is 269 g/mol. The first kappa shape index (κ1) is 15.4. The highest BCUT2D eigenvalue weighted by Crippen LogP contribution is 2.18. The summed E-state index contributed by atoms with van der Waals surface area (Å²) < 4.78 is 23.8. The lowest BCUT2D eigenvalue weighted by molar-refractivity contribution is -0.129. The topological polar surface area (TPSA) is 47.6 Å². The third kappa shape index (κ3) is 4.87. The molecule has 1 aromatic rings. The van der Waals surface area contributed by atoms with Gasteiger partial charge in [-0.2, -0.15) is 0 Å². The van der Waals surface area contributed by atoms with Crippen LogP contribution in [0.3, 0.4) is 0 Å². The largest absolute Gasteiger partial charge is 0.478 e. The zero-order valence-corrected chi connectivity index (χ0v) is 11.5. The Kier molecular flexibility index (Phi) is 6.29. The van der Waals surface area contributed by atoms with Crippen LogP contribution in [0.15, 0.2) is 24.3 Å². The van der Waals surface area contributed by atoms with Crippen LogP contribution in [0.25, 0.3) is 0 Å². The van der Waals surface area contributed by atoms with Crippen molar-refractivity contribution in [2.24, 2.45) is 0 Å². The molecule has 0 bridgehead atoms. The van der Waals surface area contributed by atoms with E-state index in [1.165, 1.54) is 12.1 Å². The van der Waals surface area contributed by atoms with E-state index >= 15 is 0 Å². The molecule has 4 nitrogen and oxygen atoms in total. The maximum absolute atomic E-state index is 13.5. The molecule has 0 aliphatic carbocycles. The van der Waals surface area contributed by atoms with E-state index in [9.17, 15) is 9.18 Å². The van der Waals surface area contributed by atoms with E-state index in [-0.39, 0.29) is 17.7 Å². The van der Waals surface area contributed by atoms with Crippen molar-refractivity contribution in [1.29, 1.82) is 0 Å². The van der Waals surface area contributed by atoms with Crippen LogP contribution in [-0.4, -0.2) is 31.8 Å². The minimum atomic E-state index is -0.712. The Labute approximate surface area is 112 Å². The summed E-state index contributed by atoms with van der Waals surface area (Å²) in [7, 11) is 1.57. The summed E-state index contributed by atoms with van der Waals surface area (Å²) in [5, 5.41) is 2.76. The van der Waals surface area contributed by atoms with E-state index in [1.807, 2.05) is 13.8 Å². The van der Waals surface area contributed by atoms with Crippen molar-refractivity contribution in [3.05, 3.63) is 30.1 Å². The molecule has 106 valence electrons. The Balaban J connectivity index is 2.63. The van der Waals surface area contributed by atoms with Gasteiger partial charge in [-0.3, -0.25) is 4.79 Å². The van der Waals surface area contributed by atoms with Gasteiger partial charge in [0.15, 0.2) is 17.7 Å². The summed E-state index contributed by atoms with van der Waals surface area (Å²) in [6.07, 6.45) is -0.254. The number of nitrogens with one attached hydrogen (secondary N) is 1. The molecular formula is C14H20FNO3. The van der Waals surface area contributed by atoms with Gasteiger partial charge in [0.1, 0.15) is 0 Å². The fraction of sp³-hybridized carbons (Fsp3) is 0.500. The highest BCUT2D eigenvalue weighted by molar-refractivity contribution is 5.81. The standard InChI is InChI=1S/C14H20FNO3/c1-4-12(14(17)16-10(2)9-18-3)19-13-8-6-5-7-11(13)15/h5-8,10,12H,4,9H2,1-3H3,(H,16,17)/t10-,12-/m0/s1. The molecule has 5 heteroatoms. The van der Waals surface area contributed by atoms with Crippen molar-refractivity contribution in [3.8, 4) is 5.75 Å². The second kappa shape index (κ2) is 7.74. The molecule has 0 aromatic heterocycles. The minimum absolute atomic E-state index is 0.0869. The number of amides is 1. The molecule has 1 N–H and O–H groups in total. The van der Waals surface area contributed by atoms with Gasteiger partial charge in [-0.25, -0.2) is 4.39 Å². The van der Waals surface area contributed by atoms with Crippen LogP contribution in [-0.2, 0) is 9.53 Å². The monoisotopic (exact) mass is 269 g/mol. The van der Waals surface area contributed by atoms with Gasteiger partial charge in [-0.05, 0) is 25.5 Å². The first-order chi connectivity index (χ1) is 9.08. The molecule has 2 atom stereocenters. The van der Waals surface area contributed by atoms with Crippen molar-refractivity contribution in [2.75, 3.05) is 13.7 Å². The number of benzene rings is 1. The first-order valence-electron chi connectivity index (χ1n) is 6.29. The van der Waals surface area contributed by atoms with Crippen LogP contribution < -0.4 is 10.1 Å². The van der Waals surface area contributed by atoms with Crippen molar-refractivity contribution < 1.29 is 18.7 Å². The highest BCUT2D eigenvalue weighted by Gasteiger charge is 2.21. The van der Waals surface area contributed by atoms with Crippen LogP contribution in [0.5, 0.6) is 5.75 Å². The Morgan fingerprint density at radius 1 is 1.42 bits per heavy atom. The van der Waals surface area contributed by atoms with Gasteiger partial charge in [0, 0.05) is 13.2 Å². The van der Waals surface area contributed by atoms with Crippen molar-refractivity contribution in [2.45, 2.75) is 32.4 Å². The van der Waals surface area contributed by atoms with Crippen LogP contribution >= 0.6 is 0 Å². The molecule has 0 saturated heterocycles. The lowest BCUT2D eigenvalue weighted by Gasteiger charge is -2.20. The third-order valence-electron chi connectivity index (χ3n) is 2.57. The minimum Gasteiger partial charge on any atom is -0.478 e. The molecule has 0 spiro atoms. The summed E-state index contributed by atoms with van der Waals surface area (Å²) in [5.74, 6) is -0.655. The maximum Gasteiger partial charge on any atom is 0.261 e. The van der Waals surface area contributed by atoms with Gasteiger partial charge in [-0.15, -0.1) is 0 Å². The predicted molar refractivity (Wildman–Crippen MR) is 70.6 cm³/mol. The number of carbonyl (C=O) groups excluding carboxylic acids is 1. The van der Waals surface area contributed by atoms with Crippen molar-refractivity contribution in [1.82, 2.24) is 5.32 Å². The summed E-state index contributed by atoms with van der Waals surface area (Å²) >= 11 is 0. The lowest BCUT2D eigenvalue weighted by Crippen LogP contribution is -2.44. The molecule has 0 aliphatic rings. The number of rotatable bonds is 7. The number of para-hydroxylation sites is 1. The molecule has 1 aromatic carbocycles. The molecule has 1 amide bonds. The number of methoxy groups -OCH3 is 1. The molecule has 0 fully saturated rings. The quantitative estimate of drug-likeness (QED) is 0.825. The van der Waals surface area contributed by atoms with Crippen LogP contribution in [0.4, 0.5) is 4.39 Å². The van der Waals surface area contributed by atoms with Crippen molar-refractivity contribution >= 4 is 5.91 Å². The van der Waals surface area contributed by atoms with Crippen molar-refractivity contribution in [3.63, 3.8) is 0 Å². The molecule has 0 unspecified atom stereocenters. The summed E-state index contributed by atoms with van der Waals surface area (Å²) in [4.78, 5) is 12.0. The first-order valence-corrected chi connectivity index (χ1v) is 6.29. The highest BCUT2D eigenvalue weighted by atomic mass is 19.1. The zero-order chi connectivity index (χ0) is 14.3. The normalized spacial score (nSPS) is 13.7. The molecule has 0 saturated carbocycles. The van der Waals surface area contributed by atoms with Gasteiger partial charge < -0.3 is 14.8 Å². The number of hydrogen-bond donors (Lipinski definition) is 1. The summed E-state index contributed by atoms with van der Waals surface area (Å²) in [6, 6.07) is 5.92. The maximum atomic E-state index is 13.5. The Hall–Kier alpha value is -1.62. The Bertz CT molecular complexity index is 411. The molecular weight excluding hydrogens is 249 g/mol. The van der Waals surface area contributed by atoms with E-state index in [0.29, 0.717) is 13.0 Å². The summed E-state index contributed by atoms with van der Waals surface area (Å²) in [6.45, 7) is 4.06. The second-order valence-corrected chi connectivity index (χ2v) is 4.31. The average Bonchev–Trinajstić information content (AvgIpc) is 2.37. The number of halogens is 1. The number of hydrogen-bond acceptors (Lipinski definition) is 3. The van der Waals surface area contributed by atoms with E-state index < -0.39 is 11.9 Å². The zero-order valence-electron chi connectivity index (χ0n) is 11.5. The molecule has 0 heterocycles. The van der Waals surface area contributed by atoms with E-state index in [1.54, 1.807) is 19.2 Å². The van der Waals surface area contributed by atoms with Gasteiger partial charge in [0.05, 0.1) is 6.61 Å². The van der Waals surface area contributed by atoms with Crippen LogP contribution in [0.2, 0.25) is 0 Å². The molecule has 0 aliphatic heterocycles. The molecule has 19 heavy (non-hydrogen) atoms. The van der Waals surface area contributed by atoms with Crippen LogP contribution in [0.1, 0.15) is 20.3 Å². The van der Waals surface area contributed by atoms with E-state index in [0.717, 1.165) is 0 Å². The smallest absolute Gasteiger partial charge is 0.261 e. The van der Waals surface area contributed by atoms with Gasteiger partial charge in [0.2, 0.25) is 0 Å². The van der Waals surface area contributed by atoms with Gasteiger partial charge in [0.25, 0.3) is 5.91 Å². The third-order valence-corrected chi connectivity index (χ3v) is 2.57. The molecule has 1 rings (SSSR count). The lowest BCUT2D eigenvalue weighted by atomic mass is 10.2. The van der Waals surface area contributed by atoms with Crippen LogP contribution in [0, 0.1) is 5.82 Å². The Morgan fingerprint density at radius 2 is 2.11 bits per heavy atom. The van der Waals surface area contributed by atoms with E-state index in [2.05, 4.69) is 5.32 Å². The predicted octanol–water partition coefficient (Wildman–Crippen LogP) is 2.13. The second-order valence-electron chi connectivity index (χ2n) is 4.31. The van der Waals surface area contributed by atoms with Gasteiger partial charge >= 0.3 is 0 Å². The Morgan fingerprint density at radius 3 is 2.68 bits per heavy atom. The SMILES string of the molecule is CC[C@H](Oc1ccccc1F)C(=O)N[C@@H](C)COC. The molecule has 0 radical (unpaired) electrons. The number of carbonyl (C=O) groups is 1. The van der Waals surface area contributed by atoms with Gasteiger partial charge in [-0.1, -0.05) is 19.1 Å². The number of ether oxygens (including phenoxy) is 2.